The van der Waals surface area contributed by atoms with Crippen molar-refractivity contribution in [3.63, 3.8) is 0 Å². The van der Waals surface area contributed by atoms with Gasteiger partial charge in [-0.3, -0.25) is 4.55 Å². The molecule has 0 fully saturated rings. The molecule has 0 atom stereocenters. The highest BCUT2D eigenvalue weighted by Gasteiger charge is 2.16. The molecule has 1 heterocycles. The highest BCUT2D eigenvalue weighted by molar-refractivity contribution is 7.86. The molecular weight excluding hydrogens is 340 g/mol. The molecule has 0 radical (unpaired) electrons. The molecule has 0 aliphatic carbocycles. The van der Waals surface area contributed by atoms with Crippen molar-refractivity contribution < 1.29 is 18.1 Å². The van der Waals surface area contributed by atoms with E-state index in [2.05, 4.69) is 23.2 Å². The van der Waals surface area contributed by atoms with E-state index in [9.17, 15) is 13.5 Å². The Morgan fingerprint density at radius 3 is 2.40 bits per heavy atom. The SMILES string of the molecule is Nc1ccc(S(=O)(=O)O)c2cccc(O)c12.c1ccc2[nH]ccc2c1. The average Bonchev–Trinajstić information content (AvgIpc) is 3.03. The predicted molar refractivity (Wildman–Crippen MR) is 98.1 cm³/mol. The highest BCUT2D eigenvalue weighted by Crippen LogP contribution is 2.33. The van der Waals surface area contributed by atoms with Crippen LogP contribution in [0, 0.1) is 0 Å². The number of para-hydroxylation sites is 1. The highest BCUT2D eigenvalue weighted by atomic mass is 32.2. The van der Waals surface area contributed by atoms with Gasteiger partial charge in [0.25, 0.3) is 10.1 Å². The first-order valence-electron chi connectivity index (χ1n) is 7.38. The van der Waals surface area contributed by atoms with Crippen molar-refractivity contribution in [3.05, 3.63) is 66.9 Å². The largest absolute Gasteiger partial charge is 0.507 e. The van der Waals surface area contributed by atoms with E-state index in [4.69, 9.17) is 10.3 Å². The summed E-state index contributed by atoms with van der Waals surface area (Å²) in [5, 5.41) is 11.3. The third kappa shape index (κ3) is 3.42. The van der Waals surface area contributed by atoms with E-state index in [1.807, 2.05) is 18.3 Å². The summed E-state index contributed by atoms with van der Waals surface area (Å²) in [6.45, 7) is 0. The van der Waals surface area contributed by atoms with E-state index in [1.165, 1.54) is 41.2 Å². The number of H-pyrrole nitrogens is 1. The summed E-state index contributed by atoms with van der Waals surface area (Å²) in [6, 6.07) is 17.1. The second-order valence-corrected chi connectivity index (χ2v) is 6.78. The Balaban J connectivity index is 0.000000170. The van der Waals surface area contributed by atoms with Gasteiger partial charge in [-0.15, -0.1) is 0 Å². The van der Waals surface area contributed by atoms with Crippen LogP contribution in [0.1, 0.15) is 0 Å². The number of phenolic OH excluding ortho intramolecular Hbond substituents is 1. The molecule has 0 unspecified atom stereocenters. The number of aromatic amines is 1. The molecule has 0 spiro atoms. The molecule has 4 aromatic rings. The summed E-state index contributed by atoms with van der Waals surface area (Å²) in [6.07, 6.45) is 1.95. The number of nitrogen functional groups attached to an aromatic ring is 1. The number of phenols is 1. The first-order valence-corrected chi connectivity index (χ1v) is 8.82. The number of fused-ring (bicyclic) bond motifs is 2. The van der Waals surface area contributed by atoms with Crippen LogP contribution in [0.25, 0.3) is 21.7 Å². The van der Waals surface area contributed by atoms with Gasteiger partial charge in [0.05, 0.1) is 0 Å². The molecule has 0 saturated heterocycles. The molecule has 25 heavy (non-hydrogen) atoms. The fourth-order valence-corrected chi connectivity index (χ4v) is 3.30. The van der Waals surface area contributed by atoms with Crippen LogP contribution in [0.2, 0.25) is 0 Å². The van der Waals surface area contributed by atoms with Gasteiger partial charge >= 0.3 is 0 Å². The van der Waals surface area contributed by atoms with Crippen molar-refractivity contribution in [1.82, 2.24) is 4.98 Å². The van der Waals surface area contributed by atoms with Gasteiger partial charge in [-0.25, -0.2) is 0 Å². The standard InChI is InChI=1S/C10H9NO4S.C8H7N/c11-7-4-5-9(16(13,14)15)6-2-1-3-8(12)10(6)7;1-2-4-8-7(3-1)5-6-9-8/h1-5,12H,11H2,(H,13,14,15);1-6,9H. The predicted octanol–water partition coefficient (Wildman–Crippen LogP) is 3.54. The number of aromatic hydroxyl groups is 1. The van der Waals surface area contributed by atoms with Crippen LogP contribution in [0.4, 0.5) is 5.69 Å². The minimum Gasteiger partial charge on any atom is -0.507 e. The lowest BCUT2D eigenvalue weighted by Crippen LogP contribution is -2.00. The van der Waals surface area contributed by atoms with Crippen molar-refractivity contribution in [2.75, 3.05) is 5.73 Å². The molecule has 0 aliphatic heterocycles. The Labute approximate surface area is 144 Å². The fraction of sp³-hybridized carbons (Fsp3) is 0. The van der Waals surface area contributed by atoms with Crippen molar-refractivity contribution >= 4 is 37.5 Å². The summed E-state index contributed by atoms with van der Waals surface area (Å²) in [5.41, 5.74) is 7.09. The molecule has 0 aliphatic rings. The second kappa shape index (κ2) is 6.46. The summed E-state index contributed by atoms with van der Waals surface area (Å²) in [5.74, 6) is -0.125. The van der Waals surface area contributed by atoms with Crippen LogP contribution in [0.15, 0.2) is 71.8 Å². The van der Waals surface area contributed by atoms with E-state index < -0.39 is 10.1 Å². The lowest BCUT2D eigenvalue weighted by molar-refractivity contribution is 0.481. The van der Waals surface area contributed by atoms with Gasteiger partial charge in [0.15, 0.2) is 0 Å². The molecule has 1 aromatic heterocycles. The summed E-state index contributed by atoms with van der Waals surface area (Å²) in [4.78, 5) is 2.85. The van der Waals surface area contributed by atoms with Gasteiger partial charge < -0.3 is 15.8 Å². The summed E-state index contributed by atoms with van der Waals surface area (Å²) >= 11 is 0. The molecule has 0 saturated carbocycles. The Kier molecular flexibility index (Phi) is 4.35. The number of benzene rings is 3. The zero-order valence-corrected chi connectivity index (χ0v) is 13.9. The first-order chi connectivity index (χ1) is 11.9. The Morgan fingerprint density at radius 1 is 0.920 bits per heavy atom. The molecule has 6 nitrogen and oxygen atoms in total. The van der Waals surface area contributed by atoms with Crippen molar-refractivity contribution in [2.45, 2.75) is 4.90 Å². The van der Waals surface area contributed by atoms with Gasteiger partial charge in [0.1, 0.15) is 10.6 Å². The van der Waals surface area contributed by atoms with Crippen LogP contribution in [0.5, 0.6) is 5.75 Å². The summed E-state index contributed by atoms with van der Waals surface area (Å²) < 4.78 is 31.2. The Morgan fingerprint density at radius 2 is 1.68 bits per heavy atom. The molecule has 7 heteroatoms. The smallest absolute Gasteiger partial charge is 0.295 e. The number of hydrogen-bond donors (Lipinski definition) is 4. The Hall–Kier alpha value is -3.03. The zero-order valence-electron chi connectivity index (χ0n) is 13.0. The molecular formula is C18H16N2O4S. The number of nitrogens with two attached hydrogens (primary N) is 1. The average molecular weight is 356 g/mol. The maximum atomic E-state index is 11.1. The molecule has 0 amide bonds. The topological polar surface area (TPSA) is 116 Å². The number of nitrogens with one attached hydrogen (secondary N) is 1. The number of aromatic nitrogens is 1. The van der Waals surface area contributed by atoms with Crippen molar-refractivity contribution in [1.29, 1.82) is 0 Å². The quantitative estimate of drug-likeness (QED) is 0.307. The Bertz CT molecular complexity index is 1110. The van der Waals surface area contributed by atoms with Crippen LogP contribution in [-0.4, -0.2) is 23.1 Å². The lowest BCUT2D eigenvalue weighted by Gasteiger charge is -2.07. The lowest BCUT2D eigenvalue weighted by atomic mass is 10.1. The van der Waals surface area contributed by atoms with E-state index in [0.717, 1.165) is 0 Å². The third-order valence-corrected chi connectivity index (χ3v) is 4.66. The monoisotopic (exact) mass is 356 g/mol. The maximum absolute atomic E-state index is 11.1. The van der Waals surface area contributed by atoms with Crippen molar-refractivity contribution in [3.8, 4) is 5.75 Å². The molecule has 5 N–H and O–H groups in total. The molecule has 4 rings (SSSR count). The molecule has 128 valence electrons. The van der Waals surface area contributed by atoms with Gasteiger partial charge in [0.2, 0.25) is 0 Å². The normalized spacial score (nSPS) is 11.2. The van der Waals surface area contributed by atoms with Crippen molar-refractivity contribution in [2.24, 2.45) is 0 Å². The minimum absolute atomic E-state index is 0.125. The number of hydrogen-bond acceptors (Lipinski definition) is 4. The van der Waals surface area contributed by atoms with Gasteiger partial charge in [-0.1, -0.05) is 30.3 Å². The van der Waals surface area contributed by atoms with E-state index in [-0.39, 0.29) is 27.1 Å². The van der Waals surface area contributed by atoms with E-state index >= 15 is 0 Å². The minimum atomic E-state index is -4.33. The van der Waals surface area contributed by atoms with Crippen LogP contribution in [-0.2, 0) is 10.1 Å². The second-order valence-electron chi connectivity index (χ2n) is 5.39. The van der Waals surface area contributed by atoms with Gasteiger partial charge in [-0.05, 0) is 35.7 Å². The van der Waals surface area contributed by atoms with Crippen LogP contribution >= 0.6 is 0 Å². The van der Waals surface area contributed by atoms with Crippen LogP contribution in [0.3, 0.4) is 0 Å². The summed E-state index contributed by atoms with van der Waals surface area (Å²) in [7, 11) is -4.33. The van der Waals surface area contributed by atoms with Crippen LogP contribution < -0.4 is 5.73 Å². The van der Waals surface area contributed by atoms with E-state index in [1.54, 1.807) is 0 Å². The van der Waals surface area contributed by atoms with Gasteiger partial charge in [-0.2, -0.15) is 8.42 Å². The zero-order chi connectivity index (χ0) is 18.0. The maximum Gasteiger partial charge on any atom is 0.295 e. The van der Waals surface area contributed by atoms with Gasteiger partial charge in [0, 0.05) is 28.2 Å². The first kappa shape index (κ1) is 16.8. The van der Waals surface area contributed by atoms with E-state index in [0.29, 0.717) is 0 Å². The molecule has 3 aromatic carbocycles. The third-order valence-electron chi connectivity index (χ3n) is 3.75. The number of anilines is 1. The molecule has 0 bridgehead atoms. The fourth-order valence-electron chi connectivity index (χ4n) is 2.61. The number of rotatable bonds is 1.